The number of nitriles is 1. The molecular formula is C20H25NO3. The number of fused-ring (bicyclic) bond motifs is 3. The molecule has 0 aromatic heterocycles. The van der Waals surface area contributed by atoms with Gasteiger partial charge in [-0.2, -0.15) is 5.26 Å². The van der Waals surface area contributed by atoms with Gasteiger partial charge in [-0.15, -0.1) is 0 Å². The number of benzene rings is 1. The maximum Gasteiger partial charge on any atom is 0.335 e. The summed E-state index contributed by atoms with van der Waals surface area (Å²) in [7, 11) is 0. The number of aromatic carboxylic acids is 1. The van der Waals surface area contributed by atoms with Crippen LogP contribution < -0.4 is 0 Å². The normalized spacial score (nSPS) is 32.1. The van der Waals surface area contributed by atoms with Gasteiger partial charge >= 0.3 is 5.97 Å². The molecule has 3 rings (SSSR count). The van der Waals surface area contributed by atoms with Gasteiger partial charge in [0, 0.05) is 0 Å². The van der Waals surface area contributed by atoms with E-state index in [1.807, 2.05) is 12.1 Å². The lowest BCUT2D eigenvalue weighted by Gasteiger charge is -2.49. The average Bonchev–Trinajstić information content (AvgIpc) is 2.70. The molecule has 24 heavy (non-hydrogen) atoms. The summed E-state index contributed by atoms with van der Waals surface area (Å²) in [5.41, 5.74) is 1.94. The van der Waals surface area contributed by atoms with E-state index in [1.54, 1.807) is 6.07 Å². The number of nitrogens with zero attached hydrogens (tertiary/aromatic N) is 1. The van der Waals surface area contributed by atoms with E-state index in [-0.39, 0.29) is 11.8 Å². The van der Waals surface area contributed by atoms with Crippen LogP contribution in [-0.4, -0.2) is 21.8 Å². The molecule has 128 valence electrons. The van der Waals surface area contributed by atoms with E-state index in [0.29, 0.717) is 24.3 Å². The Morgan fingerprint density at radius 3 is 2.88 bits per heavy atom. The smallest absolute Gasteiger partial charge is 0.335 e. The molecule has 4 nitrogen and oxygen atoms in total. The van der Waals surface area contributed by atoms with Crippen LogP contribution in [0.15, 0.2) is 18.2 Å². The Bertz CT molecular complexity index is 693. The zero-order valence-electron chi connectivity index (χ0n) is 14.2. The predicted molar refractivity (Wildman–Crippen MR) is 90.8 cm³/mol. The molecule has 0 heterocycles. The Labute approximate surface area is 143 Å². The average molecular weight is 327 g/mol. The molecule has 2 aliphatic carbocycles. The van der Waals surface area contributed by atoms with Gasteiger partial charge in [-0.3, -0.25) is 0 Å². The van der Waals surface area contributed by atoms with Crippen LogP contribution in [-0.2, 0) is 11.8 Å². The largest absolute Gasteiger partial charge is 0.478 e. The van der Waals surface area contributed by atoms with Gasteiger partial charge in [-0.25, -0.2) is 4.79 Å². The Hall–Kier alpha value is -1.86. The van der Waals surface area contributed by atoms with Crippen LogP contribution in [0, 0.1) is 17.2 Å². The summed E-state index contributed by atoms with van der Waals surface area (Å²) in [4.78, 5) is 11.3. The number of aliphatic hydroxyl groups is 1. The maximum atomic E-state index is 11.3. The SMILES string of the molecule is CC[C@@]12CC[C@](O)(CC#N)C[C@@H]1CCCc1cc(C(=O)O)ccc12. The summed E-state index contributed by atoms with van der Waals surface area (Å²) in [6, 6.07) is 7.71. The van der Waals surface area contributed by atoms with E-state index in [1.165, 1.54) is 5.56 Å². The third kappa shape index (κ3) is 2.71. The van der Waals surface area contributed by atoms with Gasteiger partial charge in [-0.05, 0) is 79.5 Å². The fourth-order valence-electron chi connectivity index (χ4n) is 5.07. The van der Waals surface area contributed by atoms with Gasteiger partial charge in [0.25, 0.3) is 0 Å². The monoisotopic (exact) mass is 327 g/mol. The summed E-state index contributed by atoms with van der Waals surface area (Å²) < 4.78 is 0. The zero-order chi connectivity index (χ0) is 17.4. The lowest BCUT2D eigenvalue weighted by molar-refractivity contribution is -0.0446. The van der Waals surface area contributed by atoms with Gasteiger partial charge < -0.3 is 10.2 Å². The van der Waals surface area contributed by atoms with Crippen LogP contribution >= 0.6 is 0 Å². The van der Waals surface area contributed by atoms with Gasteiger partial charge in [0.05, 0.1) is 23.7 Å². The van der Waals surface area contributed by atoms with Crippen molar-refractivity contribution in [2.75, 3.05) is 0 Å². The van der Waals surface area contributed by atoms with Crippen molar-refractivity contribution in [3.8, 4) is 6.07 Å². The van der Waals surface area contributed by atoms with Crippen molar-refractivity contribution in [2.45, 2.75) is 69.3 Å². The molecule has 4 heteroatoms. The van der Waals surface area contributed by atoms with Gasteiger partial charge in [0.2, 0.25) is 0 Å². The lowest BCUT2D eigenvalue weighted by Crippen LogP contribution is -2.47. The van der Waals surface area contributed by atoms with Crippen LogP contribution in [0.5, 0.6) is 0 Å². The van der Waals surface area contributed by atoms with Crippen LogP contribution in [0.1, 0.15) is 73.4 Å². The van der Waals surface area contributed by atoms with Crippen molar-refractivity contribution in [3.63, 3.8) is 0 Å². The van der Waals surface area contributed by atoms with Gasteiger partial charge in [0.1, 0.15) is 0 Å². The molecule has 1 saturated carbocycles. The van der Waals surface area contributed by atoms with Crippen molar-refractivity contribution < 1.29 is 15.0 Å². The summed E-state index contributed by atoms with van der Waals surface area (Å²) in [5, 5.41) is 29.1. The highest BCUT2D eigenvalue weighted by molar-refractivity contribution is 5.88. The fraction of sp³-hybridized carbons (Fsp3) is 0.600. The fourth-order valence-corrected chi connectivity index (χ4v) is 5.07. The standard InChI is InChI=1S/C20H25NO3/c1-2-20-9-8-19(24,10-11-21)13-16(20)5-3-4-14-12-15(18(22)23)6-7-17(14)20/h6-7,12,16,24H,2-5,8-10,13H2,1H3,(H,22,23)/t16-,19-,20+/m0/s1. The van der Waals surface area contributed by atoms with Crippen LogP contribution in [0.25, 0.3) is 0 Å². The molecule has 3 atom stereocenters. The van der Waals surface area contributed by atoms with Gasteiger partial charge in [0.15, 0.2) is 0 Å². The summed E-state index contributed by atoms with van der Waals surface area (Å²) in [6.07, 6.45) is 6.30. The predicted octanol–water partition coefficient (Wildman–Crippen LogP) is 3.81. The molecule has 2 N–H and O–H groups in total. The minimum atomic E-state index is -0.879. The molecule has 0 amide bonds. The zero-order valence-corrected chi connectivity index (χ0v) is 14.2. The minimum absolute atomic E-state index is 0.00452. The highest BCUT2D eigenvalue weighted by atomic mass is 16.4. The molecule has 0 aliphatic heterocycles. The Balaban J connectivity index is 2.03. The molecule has 0 spiro atoms. The molecule has 1 aromatic rings. The summed E-state index contributed by atoms with van der Waals surface area (Å²) in [5.74, 6) is -0.525. The van der Waals surface area contributed by atoms with E-state index in [2.05, 4.69) is 13.0 Å². The highest BCUT2D eigenvalue weighted by Crippen LogP contribution is 2.54. The number of hydrogen-bond acceptors (Lipinski definition) is 3. The van der Waals surface area contributed by atoms with Crippen LogP contribution in [0.4, 0.5) is 0 Å². The number of carboxylic acid groups (broad SMARTS) is 1. The molecule has 1 aromatic carbocycles. The minimum Gasteiger partial charge on any atom is -0.478 e. The van der Waals surface area contributed by atoms with Crippen molar-refractivity contribution >= 4 is 5.97 Å². The lowest BCUT2D eigenvalue weighted by atomic mass is 9.56. The first-order valence-electron chi connectivity index (χ1n) is 8.90. The number of hydrogen-bond donors (Lipinski definition) is 2. The molecule has 0 bridgehead atoms. The Morgan fingerprint density at radius 1 is 1.42 bits per heavy atom. The number of aryl methyl sites for hydroxylation is 1. The van der Waals surface area contributed by atoms with E-state index in [0.717, 1.165) is 37.7 Å². The van der Waals surface area contributed by atoms with E-state index in [4.69, 9.17) is 5.26 Å². The second kappa shape index (κ2) is 6.22. The van der Waals surface area contributed by atoms with Gasteiger partial charge in [-0.1, -0.05) is 13.0 Å². The Kier molecular flexibility index (Phi) is 4.40. The molecule has 0 radical (unpaired) electrons. The first-order valence-corrected chi connectivity index (χ1v) is 8.90. The number of rotatable bonds is 3. The second-order valence-corrected chi connectivity index (χ2v) is 7.54. The van der Waals surface area contributed by atoms with Crippen molar-refractivity contribution in [1.29, 1.82) is 5.26 Å². The molecule has 0 saturated heterocycles. The molecule has 1 fully saturated rings. The third-order valence-corrected chi connectivity index (χ3v) is 6.37. The van der Waals surface area contributed by atoms with Crippen molar-refractivity contribution in [1.82, 2.24) is 0 Å². The van der Waals surface area contributed by atoms with Crippen LogP contribution in [0.2, 0.25) is 0 Å². The number of carbonyl (C=O) groups is 1. The molecule has 2 aliphatic rings. The summed E-state index contributed by atoms with van der Waals surface area (Å²) in [6.45, 7) is 2.20. The topological polar surface area (TPSA) is 81.3 Å². The maximum absolute atomic E-state index is 11.3. The number of carboxylic acids is 1. The van der Waals surface area contributed by atoms with E-state index >= 15 is 0 Å². The van der Waals surface area contributed by atoms with E-state index in [9.17, 15) is 15.0 Å². The summed E-state index contributed by atoms with van der Waals surface area (Å²) >= 11 is 0. The highest BCUT2D eigenvalue weighted by Gasteiger charge is 2.49. The molecular weight excluding hydrogens is 302 g/mol. The van der Waals surface area contributed by atoms with Crippen molar-refractivity contribution in [3.05, 3.63) is 34.9 Å². The second-order valence-electron chi connectivity index (χ2n) is 7.54. The first-order chi connectivity index (χ1) is 11.4. The quantitative estimate of drug-likeness (QED) is 0.884. The third-order valence-electron chi connectivity index (χ3n) is 6.37. The van der Waals surface area contributed by atoms with Crippen molar-refractivity contribution in [2.24, 2.45) is 5.92 Å². The van der Waals surface area contributed by atoms with Crippen LogP contribution in [0.3, 0.4) is 0 Å². The Morgan fingerprint density at radius 2 is 2.21 bits per heavy atom. The molecule has 0 unspecified atom stereocenters. The first kappa shape index (κ1) is 17.0. The van der Waals surface area contributed by atoms with E-state index < -0.39 is 11.6 Å².